The fraction of sp³-hybridized carbons (Fsp3) is 0.450. The highest BCUT2D eigenvalue weighted by atomic mass is 16.5. The van der Waals surface area contributed by atoms with Gasteiger partial charge in [0.25, 0.3) is 0 Å². The van der Waals surface area contributed by atoms with Crippen LogP contribution in [0.25, 0.3) is 0 Å². The lowest BCUT2D eigenvalue weighted by molar-refractivity contribution is -0.139. The summed E-state index contributed by atoms with van der Waals surface area (Å²) in [5.41, 5.74) is 1.76. The molecule has 2 aromatic rings. The number of allylic oxidation sites excluding steroid dienone is 1. The standard InChI is InChI=1S/C20H26N4O5/c1-6-7-8-29-19(25)17-12(2)23-20-21-11-22-24(20)18(17)13-9-15(27-4)16(28-5)10-14(13)26-3/h9-11,18H,6-8H2,1-5H3,(H,21,22,23)/t18-/m1/s1. The van der Waals surface area contributed by atoms with Crippen LogP contribution in [0.3, 0.4) is 0 Å². The van der Waals surface area contributed by atoms with Crippen molar-refractivity contribution in [3.63, 3.8) is 0 Å². The Morgan fingerprint density at radius 3 is 2.48 bits per heavy atom. The minimum absolute atomic E-state index is 0.353. The van der Waals surface area contributed by atoms with Crippen molar-refractivity contribution in [2.45, 2.75) is 32.7 Å². The molecule has 3 rings (SSSR count). The van der Waals surface area contributed by atoms with Gasteiger partial charge in [0.05, 0.1) is 33.5 Å². The second kappa shape index (κ2) is 8.85. The number of nitrogens with one attached hydrogen (secondary N) is 1. The zero-order valence-corrected chi connectivity index (χ0v) is 17.3. The Bertz CT molecular complexity index is 922. The highest BCUT2D eigenvalue weighted by Gasteiger charge is 2.36. The normalized spacial score (nSPS) is 15.4. The molecule has 0 spiro atoms. The SMILES string of the molecule is CCCCOC(=O)C1=C(C)Nc2ncnn2[C@@H]1c1cc(OC)c(OC)cc1OC. The Morgan fingerprint density at radius 1 is 1.14 bits per heavy atom. The van der Waals surface area contributed by atoms with Crippen LogP contribution in [0, 0.1) is 0 Å². The lowest BCUT2D eigenvalue weighted by Gasteiger charge is -2.29. The number of esters is 1. The molecular formula is C20H26N4O5. The van der Waals surface area contributed by atoms with E-state index in [1.165, 1.54) is 6.33 Å². The van der Waals surface area contributed by atoms with Gasteiger partial charge in [0.1, 0.15) is 18.1 Å². The van der Waals surface area contributed by atoms with Gasteiger partial charge in [-0.15, -0.1) is 0 Å². The average molecular weight is 402 g/mol. The minimum Gasteiger partial charge on any atom is -0.496 e. The second-order valence-electron chi connectivity index (χ2n) is 6.53. The molecule has 1 N–H and O–H groups in total. The van der Waals surface area contributed by atoms with E-state index in [1.54, 1.807) is 38.1 Å². The molecule has 29 heavy (non-hydrogen) atoms. The van der Waals surface area contributed by atoms with E-state index in [0.29, 0.717) is 46.6 Å². The predicted molar refractivity (Wildman–Crippen MR) is 106 cm³/mol. The van der Waals surface area contributed by atoms with Crippen LogP contribution < -0.4 is 19.5 Å². The first-order valence-electron chi connectivity index (χ1n) is 9.40. The van der Waals surface area contributed by atoms with Crippen LogP contribution in [0.2, 0.25) is 0 Å². The maximum absolute atomic E-state index is 13.0. The number of anilines is 1. The van der Waals surface area contributed by atoms with Gasteiger partial charge in [0.2, 0.25) is 5.95 Å². The molecule has 0 aliphatic carbocycles. The van der Waals surface area contributed by atoms with Crippen molar-refractivity contribution in [1.29, 1.82) is 0 Å². The number of carbonyl (C=O) groups excluding carboxylic acids is 1. The average Bonchev–Trinajstić information content (AvgIpc) is 3.19. The molecule has 0 saturated carbocycles. The van der Waals surface area contributed by atoms with E-state index >= 15 is 0 Å². The fourth-order valence-corrected chi connectivity index (χ4v) is 3.30. The molecule has 0 fully saturated rings. The maximum atomic E-state index is 13.0. The predicted octanol–water partition coefficient (Wildman–Crippen LogP) is 2.94. The van der Waals surface area contributed by atoms with Gasteiger partial charge in [-0.2, -0.15) is 10.1 Å². The number of methoxy groups -OCH3 is 3. The number of rotatable bonds is 8. The van der Waals surface area contributed by atoms with Crippen molar-refractivity contribution >= 4 is 11.9 Å². The van der Waals surface area contributed by atoms with Crippen molar-refractivity contribution in [1.82, 2.24) is 14.8 Å². The summed E-state index contributed by atoms with van der Waals surface area (Å²) in [5.74, 6) is 1.68. The van der Waals surface area contributed by atoms with Gasteiger partial charge in [0.15, 0.2) is 11.5 Å². The van der Waals surface area contributed by atoms with Crippen LogP contribution in [-0.4, -0.2) is 48.7 Å². The molecule has 1 aliphatic heterocycles. The molecule has 0 unspecified atom stereocenters. The van der Waals surface area contributed by atoms with Gasteiger partial charge in [-0.3, -0.25) is 0 Å². The zero-order chi connectivity index (χ0) is 21.0. The van der Waals surface area contributed by atoms with E-state index in [0.717, 1.165) is 12.8 Å². The molecule has 9 nitrogen and oxygen atoms in total. The van der Waals surface area contributed by atoms with Crippen molar-refractivity contribution in [2.75, 3.05) is 33.3 Å². The molecule has 1 aliphatic rings. The molecule has 1 atom stereocenters. The molecule has 2 heterocycles. The summed E-state index contributed by atoms with van der Waals surface area (Å²) in [7, 11) is 4.67. The molecule has 0 radical (unpaired) electrons. The van der Waals surface area contributed by atoms with E-state index in [-0.39, 0.29) is 0 Å². The third kappa shape index (κ3) is 3.85. The number of unbranched alkanes of at least 4 members (excludes halogenated alkanes) is 1. The highest BCUT2D eigenvalue weighted by molar-refractivity contribution is 5.92. The van der Waals surface area contributed by atoms with Crippen LogP contribution in [0.5, 0.6) is 17.2 Å². The van der Waals surface area contributed by atoms with E-state index in [9.17, 15) is 4.79 Å². The van der Waals surface area contributed by atoms with Gasteiger partial charge in [-0.25, -0.2) is 9.48 Å². The van der Waals surface area contributed by atoms with Gasteiger partial charge in [-0.05, 0) is 19.4 Å². The molecule has 0 saturated heterocycles. The fourth-order valence-electron chi connectivity index (χ4n) is 3.30. The number of aromatic nitrogens is 3. The Morgan fingerprint density at radius 2 is 1.83 bits per heavy atom. The third-order valence-electron chi connectivity index (χ3n) is 4.78. The number of carbonyl (C=O) groups is 1. The van der Waals surface area contributed by atoms with E-state index < -0.39 is 12.0 Å². The summed E-state index contributed by atoms with van der Waals surface area (Å²) in [5, 5.41) is 7.45. The van der Waals surface area contributed by atoms with Gasteiger partial charge >= 0.3 is 5.97 Å². The number of fused-ring (bicyclic) bond motifs is 1. The summed E-state index contributed by atoms with van der Waals surface area (Å²) in [4.78, 5) is 17.2. The molecule has 1 aromatic carbocycles. The van der Waals surface area contributed by atoms with Crippen LogP contribution in [0.1, 0.15) is 38.3 Å². The molecular weight excluding hydrogens is 376 g/mol. The van der Waals surface area contributed by atoms with Crippen molar-refractivity contribution < 1.29 is 23.7 Å². The largest absolute Gasteiger partial charge is 0.496 e. The van der Waals surface area contributed by atoms with Crippen LogP contribution in [0.4, 0.5) is 5.95 Å². The highest BCUT2D eigenvalue weighted by Crippen LogP contribution is 2.43. The van der Waals surface area contributed by atoms with Gasteiger partial charge < -0.3 is 24.3 Å². The quantitative estimate of drug-likeness (QED) is 0.532. The van der Waals surface area contributed by atoms with Crippen LogP contribution >= 0.6 is 0 Å². The first kappa shape index (κ1) is 20.5. The van der Waals surface area contributed by atoms with Crippen LogP contribution in [-0.2, 0) is 9.53 Å². The number of nitrogens with zero attached hydrogens (tertiary/aromatic N) is 3. The Labute approximate surface area is 169 Å². The molecule has 0 amide bonds. The number of benzene rings is 1. The van der Waals surface area contributed by atoms with E-state index in [1.807, 2.05) is 13.8 Å². The molecule has 9 heteroatoms. The number of ether oxygens (including phenoxy) is 4. The Hall–Kier alpha value is -3.23. The monoisotopic (exact) mass is 402 g/mol. The first-order chi connectivity index (χ1) is 14.0. The summed E-state index contributed by atoms with van der Waals surface area (Å²) in [6, 6.07) is 2.91. The summed E-state index contributed by atoms with van der Waals surface area (Å²) < 4.78 is 23.6. The first-order valence-corrected chi connectivity index (χ1v) is 9.40. The van der Waals surface area contributed by atoms with E-state index in [2.05, 4.69) is 15.4 Å². The Balaban J connectivity index is 2.15. The number of hydrogen-bond donors (Lipinski definition) is 1. The second-order valence-corrected chi connectivity index (χ2v) is 6.53. The minimum atomic E-state index is -0.599. The molecule has 1 aromatic heterocycles. The van der Waals surface area contributed by atoms with E-state index in [4.69, 9.17) is 18.9 Å². The van der Waals surface area contributed by atoms with Gasteiger partial charge in [-0.1, -0.05) is 13.3 Å². The third-order valence-corrected chi connectivity index (χ3v) is 4.78. The maximum Gasteiger partial charge on any atom is 0.338 e. The molecule has 156 valence electrons. The molecule has 0 bridgehead atoms. The lowest BCUT2D eigenvalue weighted by atomic mass is 9.94. The Kier molecular flexibility index (Phi) is 6.26. The smallest absolute Gasteiger partial charge is 0.338 e. The summed E-state index contributed by atoms with van der Waals surface area (Å²) >= 11 is 0. The topological polar surface area (TPSA) is 96.7 Å². The number of hydrogen-bond acceptors (Lipinski definition) is 8. The van der Waals surface area contributed by atoms with Crippen LogP contribution in [0.15, 0.2) is 29.7 Å². The van der Waals surface area contributed by atoms with Crippen molar-refractivity contribution in [2.24, 2.45) is 0 Å². The summed E-state index contributed by atoms with van der Waals surface area (Å²) in [6.45, 7) is 4.21. The van der Waals surface area contributed by atoms with Gasteiger partial charge in [0, 0.05) is 17.3 Å². The summed E-state index contributed by atoms with van der Waals surface area (Å²) in [6.07, 6.45) is 3.16. The lowest BCUT2D eigenvalue weighted by Crippen LogP contribution is -2.30. The van der Waals surface area contributed by atoms with Crippen molar-refractivity contribution in [3.05, 3.63) is 35.3 Å². The zero-order valence-electron chi connectivity index (χ0n) is 17.3. The van der Waals surface area contributed by atoms with Crippen molar-refractivity contribution in [3.8, 4) is 17.2 Å².